The number of hydrogen-bond donors (Lipinski definition) is 1. The standard InChI is InChI=1S/C27H46O2/c1-16(2)7-6-8-17(3)20-11-12-21-19-10-9-18-15-23(28)24-25(29-24)27(18,5)22(19)13-14-26(20,21)4/h16-25,28H,6-15H2,1-5H3/t17-,18+,19+,20-,21+,22+,23-,24+,25+,26-,27+/m1/s1. The molecule has 0 radical (unpaired) electrons. The summed E-state index contributed by atoms with van der Waals surface area (Å²) in [4.78, 5) is 0. The number of aliphatic hydroxyl groups excluding tert-OH is 1. The summed E-state index contributed by atoms with van der Waals surface area (Å²) in [6.07, 6.45) is 14.2. The Morgan fingerprint density at radius 1 is 0.966 bits per heavy atom. The molecule has 166 valence electrons. The molecule has 1 heterocycles. The summed E-state index contributed by atoms with van der Waals surface area (Å²) in [5.41, 5.74) is 0.925. The molecule has 0 spiro atoms. The largest absolute Gasteiger partial charge is 0.390 e. The van der Waals surface area contributed by atoms with Crippen LogP contribution in [0.1, 0.15) is 98.8 Å². The molecule has 11 atom stereocenters. The van der Waals surface area contributed by atoms with E-state index in [1.807, 2.05) is 0 Å². The van der Waals surface area contributed by atoms with Crippen LogP contribution in [0.4, 0.5) is 0 Å². The molecule has 29 heavy (non-hydrogen) atoms. The van der Waals surface area contributed by atoms with Crippen LogP contribution in [-0.2, 0) is 4.74 Å². The molecule has 1 saturated heterocycles. The second-order valence-corrected chi connectivity index (χ2v) is 12.9. The highest BCUT2D eigenvalue weighted by atomic mass is 16.6. The van der Waals surface area contributed by atoms with Crippen LogP contribution in [0, 0.1) is 52.3 Å². The van der Waals surface area contributed by atoms with E-state index >= 15 is 0 Å². The minimum Gasteiger partial charge on any atom is -0.390 e. The van der Waals surface area contributed by atoms with Crippen molar-refractivity contribution in [3.05, 3.63) is 0 Å². The highest BCUT2D eigenvalue weighted by molar-refractivity contribution is 5.17. The molecule has 0 amide bonds. The van der Waals surface area contributed by atoms with E-state index in [0.29, 0.717) is 22.9 Å². The number of fused-ring (bicyclic) bond motifs is 7. The summed E-state index contributed by atoms with van der Waals surface area (Å²) in [6.45, 7) is 12.6. The van der Waals surface area contributed by atoms with Gasteiger partial charge in [0.05, 0.1) is 12.2 Å². The van der Waals surface area contributed by atoms with Crippen LogP contribution < -0.4 is 0 Å². The first-order chi connectivity index (χ1) is 13.8. The minimum atomic E-state index is -0.189. The Bertz CT molecular complexity index is 616. The maximum absolute atomic E-state index is 10.4. The Hall–Kier alpha value is -0.0800. The smallest absolute Gasteiger partial charge is 0.111 e. The van der Waals surface area contributed by atoms with Gasteiger partial charge >= 0.3 is 0 Å². The van der Waals surface area contributed by atoms with Gasteiger partial charge in [0.25, 0.3) is 0 Å². The lowest BCUT2D eigenvalue weighted by molar-refractivity contribution is -0.122. The molecule has 2 heteroatoms. The fourth-order valence-electron chi connectivity index (χ4n) is 9.65. The number of epoxide rings is 1. The zero-order valence-electron chi connectivity index (χ0n) is 19.7. The van der Waals surface area contributed by atoms with Crippen molar-refractivity contribution in [2.75, 3.05) is 0 Å². The molecule has 0 aromatic carbocycles. The second-order valence-electron chi connectivity index (χ2n) is 12.9. The average Bonchev–Trinajstić information content (AvgIpc) is 3.40. The van der Waals surface area contributed by atoms with E-state index in [4.69, 9.17) is 4.74 Å². The first-order valence-electron chi connectivity index (χ1n) is 13.1. The van der Waals surface area contributed by atoms with Gasteiger partial charge in [0, 0.05) is 5.41 Å². The van der Waals surface area contributed by atoms with E-state index in [-0.39, 0.29) is 12.2 Å². The molecule has 5 fully saturated rings. The monoisotopic (exact) mass is 402 g/mol. The molecule has 5 rings (SSSR count). The molecule has 5 aliphatic rings. The topological polar surface area (TPSA) is 32.8 Å². The lowest BCUT2D eigenvalue weighted by atomic mass is 9.44. The number of hydrogen-bond acceptors (Lipinski definition) is 2. The van der Waals surface area contributed by atoms with E-state index in [1.54, 1.807) is 0 Å². The third-order valence-electron chi connectivity index (χ3n) is 11.2. The van der Waals surface area contributed by atoms with E-state index < -0.39 is 0 Å². The van der Waals surface area contributed by atoms with Crippen LogP contribution in [0.15, 0.2) is 0 Å². The van der Waals surface area contributed by atoms with Crippen LogP contribution in [0.25, 0.3) is 0 Å². The highest BCUT2D eigenvalue weighted by Crippen LogP contribution is 2.70. The normalized spacial score (nSPS) is 54.3. The first kappa shape index (κ1) is 20.8. The molecule has 0 bridgehead atoms. The highest BCUT2D eigenvalue weighted by Gasteiger charge is 2.69. The summed E-state index contributed by atoms with van der Waals surface area (Å²) in [5, 5.41) is 10.4. The summed E-state index contributed by atoms with van der Waals surface area (Å²) in [5.74, 6) is 6.10. The van der Waals surface area contributed by atoms with Crippen LogP contribution in [0.3, 0.4) is 0 Å². The molecule has 2 nitrogen and oxygen atoms in total. The third-order valence-corrected chi connectivity index (χ3v) is 11.2. The molecule has 4 aliphatic carbocycles. The first-order valence-corrected chi connectivity index (χ1v) is 13.1. The van der Waals surface area contributed by atoms with Crippen molar-refractivity contribution in [2.45, 2.75) is 117 Å². The van der Waals surface area contributed by atoms with Crippen LogP contribution in [0.5, 0.6) is 0 Å². The second kappa shape index (κ2) is 7.22. The van der Waals surface area contributed by atoms with E-state index in [2.05, 4.69) is 34.6 Å². The molecule has 0 aromatic rings. The van der Waals surface area contributed by atoms with Crippen molar-refractivity contribution >= 4 is 0 Å². The molecular weight excluding hydrogens is 356 g/mol. The fraction of sp³-hybridized carbons (Fsp3) is 1.00. The Morgan fingerprint density at radius 2 is 1.76 bits per heavy atom. The number of aliphatic hydroxyl groups is 1. The van der Waals surface area contributed by atoms with Gasteiger partial charge in [-0.1, -0.05) is 53.9 Å². The van der Waals surface area contributed by atoms with E-state index in [0.717, 1.165) is 41.9 Å². The Balaban J connectivity index is 1.31. The third kappa shape index (κ3) is 3.09. The lowest BCUT2D eigenvalue weighted by Crippen LogP contribution is -2.57. The Morgan fingerprint density at radius 3 is 2.52 bits per heavy atom. The predicted molar refractivity (Wildman–Crippen MR) is 119 cm³/mol. The molecule has 1 aliphatic heterocycles. The van der Waals surface area contributed by atoms with E-state index in [1.165, 1.54) is 57.8 Å². The molecule has 1 N–H and O–H groups in total. The SMILES string of the molecule is CC(C)CCC[C@@H](C)[C@H]1CC[C@H]2[C@@H]3CC[C@H]4C[C@@H](O)[C@@H]5O[C@@H]5[C@]4(C)[C@H]3CC[C@]12C. The summed E-state index contributed by atoms with van der Waals surface area (Å²) < 4.78 is 6.12. The van der Waals surface area contributed by atoms with Gasteiger partial charge in [0.1, 0.15) is 6.10 Å². The van der Waals surface area contributed by atoms with Crippen molar-refractivity contribution in [3.63, 3.8) is 0 Å². The summed E-state index contributed by atoms with van der Waals surface area (Å²) in [6, 6.07) is 0. The number of rotatable bonds is 5. The van der Waals surface area contributed by atoms with Crippen LogP contribution in [-0.4, -0.2) is 23.4 Å². The van der Waals surface area contributed by atoms with Gasteiger partial charge in [-0.15, -0.1) is 0 Å². The van der Waals surface area contributed by atoms with Gasteiger partial charge < -0.3 is 9.84 Å². The zero-order chi connectivity index (χ0) is 20.6. The molecule has 0 unspecified atom stereocenters. The van der Waals surface area contributed by atoms with Gasteiger partial charge in [-0.25, -0.2) is 0 Å². The van der Waals surface area contributed by atoms with Crippen molar-refractivity contribution < 1.29 is 9.84 Å². The van der Waals surface area contributed by atoms with Gasteiger partial charge in [-0.05, 0) is 91.8 Å². The lowest BCUT2D eigenvalue weighted by Gasteiger charge is -2.60. The number of ether oxygens (including phenoxy) is 1. The van der Waals surface area contributed by atoms with Crippen molar-refractivity contribution in [3.8, 4) is 0 Å². The average molecular weight is 403 g/mol. The van der Waals surface area contributed by atoms with Gasteiger partial charge in [-0.2, -0.15) is 0 Å². The minimum absolute atomic E-state index is 0.167. The molecular formula is C27H46O2. The van der Waals surface area contributed by atoms with Crippen molar-refractivity contribution in [1.82, 2.24) is 0 Å². The van der Waals surface area contributed by atoms with Gasteiger partial charge in [-0.3, -0.25) is 0 Å². The van der Waals surface area contributed by atoms with Crippen molar-refractivity contribution in [1.29, 1.82) is 0 Å². The predicted octanol–water partition coefficient (Wildman–Crippen LogP) is 6.46. The quantitative estimate of drug-likeness (QED) is 0.536. The molecule has 4 saturated carbocycles. The van der Waals surface area contributed by atoms with E-state index in [9.17, 15) is 5.11 Å². The van der Waals surface area contributed by atoms with Crippen LogP contribution >= 0.6 is 0 Å². The Kier molecular flexibility index (Phi) is 5.18. The maximum atomic E-state index is 10.4. The van der Waals surface area contributed by atoms with Crippen molar-refractivity contribution in [2.24, 2.45) is 52.3 Å². The Labute approximate surface area is 179 Å². The van der Waals surface area contributed by atoms with Gasteiger partial charge in [0.2, 0.25) is 0 Å². The summed E-state index contributed by atoms with van der Waals surface area (Å²) in [7, 11) is 0. The van der Waals surface area contributed by atoms with Crippen LogP contribution in [0.2, 0.25) is 0 Å². The maximum Gasteiger partial charge on any atom is 0.111 e. The zero-order valence-corrected chi connectivity index (χ0v) is 19.7. The van der Waals surface area contributed by atoms with Gasteiger partial charge in [0.15, 0.2) is 0 Å². The molecule has 0 aromatic heterocycles. The fourth-order valence-corrected chi connectivity index (χ4v) is 9.65. The summed E-state index contributed by atoms with van der Waals surface area (Å²) >= 11 is 0.